The molecular weight excluding hydrogens is 407 g/mol. The fourth-order valence-electron chi connectivity index (χ4n) is 3.80. The van der Waals surface area contributed by atoms with Gasteiger partial charge in [-0.3, -0.25) is 14.4 Å². The third kappa shape index (κ3) is 4.67. The van der Waals surface area contributed by atoms with E-state index in [1.54, 1.807) is 13.2 Å². The van der Waals surface area contributed by atoms with Crippen LogP contribution < -0.4 is 10.7 Å². The molecule has 0 saturated carbocycles. The Hall–Kier alpha value is -3.04. The van der Waals surface area contributed by atoms with Crippen molar-refractivity contribution in [3.63, 3.8) is 0 Å². The highest BCUT2D eigenvalue weighted by molar-refractivity contribution is 6.01. The van der Waals surface area contributed by atoms with E-state index in [-0.39, 0.29) is 29.9 Å². The van der Waals surface area contributed by atoms with Gasteiger partial charge in [-0.1, -0.05) is 18.2 Å². The van der Waals surface area contributed by atoms with E-state index >= 15 is 0 Å². The minimum absolute atomic E-state index is 0.130. The van der Waals surface area contributed by atoms with Crippen LogP contribution in [-0.4, -0.2) is 48.3 Å². The molecule has 8 nitrogen and oxygen atoms in total. The van der Waals surface area contributed by atoms with E-state index in [2.05, 4.69) is 5.32 Å². The molecule has 1 amide bonds. The summed E-state index contributed by atoms with van der Waals surface area (Å²) in [4.78, 5) is 38.2. The zero-order valence-corrected chi connectivity index (χ0v) is 17.4. The summed E-state index contributed by atoms with van der Waals surface area (Å²) in [6.45, 7) is 0.533. The second-order valence-electron chi connectivity index (χ2n) is 7.38. The third-order valence-electron chi connectivity index (χ3n) is 5.46. The quantitative estimate of drug-likeness (QED) is 0.617. The van der Waals surface area contributed by atoms with Crippen LogP contribution in [0, 0.1) is 11.7 Å². The molecule has 1 aromatic heterocycles. The second kappa shape index (κ2) is 9.84. The molecule has 2 heterocycles. The standard InChI is InChI=1S/C22H25FN2O6/c1-30-9-5-7-14-17(31-2)12-25-11-15(20(27)21(28)18(25)19(14)26)22(29)24-10-13-6-3-4-8-16(13)23/h3-4,6,8,11,14,17,28H,5,7,9-10,12H2,1-2H3,(H,24,29)/t14-,17-/m0/s1. The highest BCUT2D eigenvalue weighted by Crippen LogP contribution is 2.30. The van der Waals surface area contributed by atoms with Crippen LogP contribution in [0.4, 0.5) is 4.39 Å². The fourth-order valence-corrected chi connectivity index (χ4v) is 3.80. The lowest BCUT2D eigenvalue weighted by molar-refractivity contribution is 0.0204. The highest BCUT2D eigenvalue weighted by Gasteiger charge is 2.38. The number of benzene rings is 1. The summed E-state index contributed by atoms with van der Waals surface area (Å²) < 4.78 is 25.6. The summed E-state index contributed by atoms with van der Waals surface area (Å²) in [7, 11) is 3.05. The molecular formula is C22H25FN2O6. The fraction of sp³-hybridized carbons (Fsp3) is 0.409. The Balaban J connectivity index is 1.87. The lowest BCUT2D eigenvalue weighted by atomic mass is 9.86. The van der Waals surface area contributed by atoms with Crippen LogP contribution >= 0.6 is 0 Å². The van der Waals surface area contributed by atoms with Gasteiger partial charge in [-0.2, -0.15) is 0 Å². The number of pyridine rings is 1. The minimum atomic E-state index is -0.947. The number of halogens is 1. The zero-order valence-electron chi connectivity index (χ0n) is 17.4. The lowest BCUT2D eigenvalue weighted by Crippen LogP contribution is -2.42. The molecule has 2 N–H and O–H groups in total. The number of Topliss-reactive ketones (excluding diaryl/α,β-unsaturated/α-hetero) is 1. The molecule has 0 radical (unpaired) electrons. The number of ketones is 1. The average molecular weight is 432 g/mol. The normalized spacial score (nSPS) is 18.0. The number of aromatic hydroxyl groups is 1. The van der Waals surface area contributed by atoms with Gasteiger partial charge >= 0.3 is 0 Å². The van der Waals surface area contributed by atoms with Gasteiger partial charge in [0.2, 0.25) is 5.43 Å². The van der Waals surface area contributed by atoms with Crippen molar-refractivity contribution in [2.45, 2.75) is 32.0 Å². The van der Waals surface area contributed by atoms with Crippen molar-refractivity contribution < 1.29 is 28.6 Å². The number of nitrogens with zero attached hydrogens (tertiary/aromatic N) is 1. The molecule has 1 aliphatic heterocycles. The summed E-state index contributed by atoms with van der Waals surface area (Å²) >= 11 is 0. The van der Waals surface area contributed by atoms with Crippen LogP contribution in [0.2, 0.25) is 0 Å². The molecule has 166 valence electrons. The lowest BCUT2D eigenvalue weighted by Gasteiger charge is -2.32. The van der Waals surface area contributed by atoms with Crippen molar-refractivity contribution in [2.75, 3.05) is 20.8 Å². The number of nitrogens with one attached hydrogen (secondary N) is 1. The van der Waals surface area contributed by atoms with E-state index in [4.69, 9.17) is 9.47 Å². The van der Waals surface area contributed by atoms with Crippen LogP contribution in [0.25, 0.3) is 0 Å². The number of carbonyl (C=O) groups excluding carboxylic acids is 2. The van der Waals surface area contributed by atoms with Crippen LogP contribution in [0.15, 0.2) is 35.3 Å². The van der Waals surface area contributed by atoms with Crippen molar-refractivity contribution in [2.24, 2.45) is 5.92 Å². The number of rotatable bonds is 8. The maximum Gasteiger partial charge on any atom is 0.257 e. The van der Waals surface area contributed by atoms with Crippen molar-refractivity contribution in [3.05, 3.63) is 63.3 Å². The molecule has 0 bridgehead atoms. The summed E-state index contributed by atoms with van der Waals surface area (Å²) in [5.41, 5.74) is -1.16. The molecule has 31 heavy (non-hydrogen) atoms. The molecule has 0 fully saturated rings. The van der Waals surface area contributed by atoms with E-state index in [0.717, 1.165) is 0 Å². The van der Waals surface area contributed by atoms with Crippen LogP contribution in [0.1, 0.15) is 39.3 Å². The minimum Gasteiger partial charge on any atom is -0.503 e. The van der Waals surface area contributed by atoms with Gasteiger partial charge in [-0.05, 0) is 18.9 Å². The molecule has 1 aromatic carbocycles. The molecule has 2 aromatic rings. The predicted molar refractivity (Wildman–Crippen MR) is 110 cm³/mol. The maximum atomic E-state index is 13.8. The van der Waals surface area contributed by atoms with Gasteiger partial charge in [0.05, 0.1) is 12.0 Å². The predicted octanol–water partition coefficient (Wildman–Crippen LogP) is 1.88. The monoisotopic (exact) mass is 432 g/mol. The van der Waals surface area contributed by atoms with Crippen LogP contribution in [-0.2, 0) is 22.6 Å². The number of fused-ring (bicyclic) bond motifs is 1. The second-order valence-corrected chi connectivity index (χ2v) is 7.38. The highest BCUT2D eigenvalue weighted by atomic mass is 19.1. The number of methoxy groups -OCH3 is 2. The molecule has 0 saturated heterocycles. The van der Waals surface area contributed by atoms with Crippen molar-refractivity contribution in [1.29, 1.82) is 0 Å². The number of aromatic nitrogens is 1. The van der Waals surface area contributed by atoms with Crippen molar-refractivity contribution in [1.82, 2.24) is 9.88 Å². The first-order chi connectivity index (χ1) is 14.9. The third-order valence-corrected chi connectivity index (χ3v) is 5.46. The summed E-state index contributed by atoms with van der Waals surface area (Å²) in [6, 6.07) is 5.93. The Morgan fingerprint density at radius 3 is 2.71 bits per heavy atom. The van der Waals surface area contributed by atoms with Crippen molar-refractivity contribution >= 4 is 11.7 Å². The van der Waals surface area contributed by atoms with Gasteiger partial charge in [0.15, 0.2) is 11.5 Å². The van der Waals surface area contributed by atoms with Gasteiger partial charge in [0.1, 0.15) is 17.1 Å². The van der Waals surface area contributed by atoms with E-state index in [0.29, 0.717) is 19.4 Å². The van der Waals surface area contributed by atoms with Gasteiger partial charge in [0.25, 0.3) is 5.91 Å². The molecule has 0 aliphatic carbocycles. The van der Waals surface area contributed by atoms with Crippen LogP contribution in [0.3, 0.4) is 0 Å². The van der Waals surface area contributed by atoms with Gasteiger partial charge in [-0.25, -0.2) is 4.39 Å². The maximum absolute atomic E-state index is 13.8. The smallest absolute Gasteiger partial charge is 0.257 e. The average Bonchev–Trinajstić information content (AvgIpc) is 2.76. The molecule has 2 atom stereocenters. The Morgan fingerprint density at radius 2 is 2.03 bits per heavy atom. The Labute approximate surface area is 178 Å². The van der Waals surface area contributed by atoms with Gasteiger partial charge < -0.3 is 24.5 Å². The molecule has 9 heteroatoms. The number of amides is 1. The van der Waals surface area contributed by atoms with Crippen LogP contribution in [0.5, 0.6) is 5.75 Å². The summed E-state index contributed by atoms with van der Waals surface area (Å²) in [6.07, 6.45) is 1.86. The topological polar surface area (TPSA) is 107 Å². The van der Waals surface area contributed by atoms with E-state index in [1.807, 2.05) is 0 Å². The molecule has 3 rings (SSSR count). The first kappa shape index (κ1) is 22.6. The summed E-state index contributed by atoms with van der Waals surface area (Å²) in [5, 5.41) is 12.9. The molecule has 0 unspecified atom stereocenters. The number of hydrogen-bond acceptors (Lipinski definition) is 6. The molecule has 0 spiro atoms. The van der Waals surface area contributed by atoms with E-state index in [9.17, 15) is 23.9 Å². The zero-order chi connectivity index (χ0) is 22.5. The molecule has 1 aliphatic rings. The Morgan fingerprint density at radius 1 is 1.29 bits per heavy atom. The first-order valence-electron chi connectivity index (χ1n) is 9.93. The largest absolute Gasteiger partial charge is 0.503 e. The number of hydrogen-bond donors (Lipinski definition) is 2. The van der Waals surface area contributed by atoms with Crippen molar-refractivity contribution in [3.8, 4) is 5.75 Å². The van der Waals surface area contributed by atoms with E-state index in [1.165, 1.54) is 36.1 Å². The van der Waals surface area contributed by atoms with Gasteiger partial charge in [0, 0.05) is 45.7 Å². The SMILES string of the molecule is COCCC[C@@H]1C(=O)c2c(O)c(=O)c(C(=O)NCc3ccccc3F)cn2C[C@@H]1OC. The summed E-state index contributed by atoms with van der Waals surface area (Å²) in [5.74, 6) is -2.98. The van der Waals surface area contributed by atoms with E-state index < -0.39 is 40.7 Å². The Kier molecular flexibility index (Phi) is 7.19. The van der Waals surface area contributed by atoms with Gasteiger partial charge in [-0.15, -0.1) is 0 Å². The first-order valence-corrected chi connectivity index (χ1v) is 9.93. The number of ether oxygens (including phenoxy) is 2. The Bertz CT molecular complexity index is 1040. The number of carbonyl (C=O) groups is 2.